The molecule has 0 aromatic heterocycles. The van der Waals surface area contributed by atoms with Crippen molar-refractivity contribution in [3.63, 3.8) is 0 Å². The summed E-state index contributed by atoms with van der Waals surface area (Å²) in [6.45, 7) is 3.51. The van der Waals surface area contributed by atoms with E-state index in [0.717, 1.165) is 12.8 Å². The molecule has 0 aromatic rings. The topological polar surface area (TPSA) is 66.8 Å². The number of carbonyl (C=O) groups excluding carboxylic acids is 1. The summed E-state index contributed by atoms with van der Waals surface area (Å²) in [6.07, 6.45) is 0.211. The molecule has 0 aromatic carbocycles. The van der Waals surface area contributed by atoms with Crippen LogP contribution in [-0.4, -0.2) is 40.4 Å². The summed E-state index contributed by atoms with van der Waals surface area (Å²) in [5.41, 5.74) is 0. The first-order valence-corrected chi connectivity index (χ1v) is 5.55. The maximum atomic E-state index is 11.0. The standard InChI is InChI=1S/C11H20O4/c1-3-4-8-6-9(13)11(14)10(15-8)5-7(2)12/h8-11,13-14H,3-6H2,1-2H3. The number of rotatable bonds is 4. The lowest BCUT2D eigenvalue weighted by Crippen LogP contribution is -2.48. The summed E-state index contributed by atoms with van der Waals surface area (Å²) < 4.78 is 5.59. The van der Waals surface area contributed by atoms with Gasteiger partial charge in [0.2, 0.25) is 0 Å². The Kier molecular flexibility index (Phi) is 4.70. The Morgan fingerprint density at radius 3 is 2.67 bits per heavy atom. The molecular weight excluding hydrogens is 196 g/mol. The average Bonchev–Trinajstić information content (AvgIpc) is 2.13. The molecule has 0 radical (unpaired) electrons. The molecule has 0 saturated carbocycles. The SMILES string of the molecule is CCCC1CC(O)C(O)C(CC(C)=O)O1. The molecule has 1 rings (SSSR count). The molecule has 1 aliphatic heterocycles. The van der Waals surface area contributed by atoms with E-state index in [1.54, 1.807) is 0 Å². The number of Topliss-reactive ketones (excluding diaryl/α,β-unsaturated/α-hetero) is 1. The van der Waals surface area contributed by atoms with Gasteiger partial charge in [0.05, 0.1) is 18.3 Å². The predicted molar refractivity (Wildman–Crippen MR) is 55.5 cm³/mol. The van der Waals surface area contributed by atoms with Crippen molar-refractivity contribution in [3.8, 4) is 0 Å². The molecule has 1 saturated heterocycles. The third-order valence-electron chi connectivity index (χ3n) is 2.75. The highest BCUT2D eigenvalue weighted by Crippen LogP contribution is 2.25. The molecule has 15 heavy (non-hydrogen) atoms. The second-order valence-corrected chi connectivity index (χ2v) is 4.28. The zero-order valence-electron chi connectivity index (χ0n) is 9.35. The Bertz CT molecular complexity index is 217. The molecule has 4 nitrogen and oxygen atoms in total. The van der Waals surface area contributed by atoms with Crippen LogP contribution in [0.2, 0.25) is 0 Å². The Morgan fingerprint density at radius 2 is 2.13 bits per heavy atom. The zero-order chi connectivity index (χ0) is 11.4. The lowest BCUT2D eigenvalue weighted by atomic mass is 9.93. The molecule has 0 amide bonds. The molecule has 0 bridgehead atoms. The Labute approximate surface area is 90.2 Å². The van der Waals surface area contributed by atoms with Crippen LogP contribution in [0.1, 0.15) is 39.5 Å². The van der Waals surface area contributed by atoms with Gasteiger partial charge in [-0.25, -0.2) is 0 Å². The van der Waals surface area contributed by atoms with E-state index in [2.05, 4.69) is 0 Å². The summed E-state index contributed by atoms with van der Waals surface area (Å²) in [5.74, 6) is -0.0246. The second kappa shape index (κ2) is 5.58. The van der Waals surface area contributed by atoms with Crippen molar-refractivity contribution in [2.45, 2.75) is 63.9 Å². The van der Waals surface area contributed by atoms with Gasteiger partial charge in [0.25, 0.3) is 0 Å². The van der Waals surface area contributed by atoms with Crippen LogP contribution in [0.3, 0.4) is 0 Å². The monoisotopic (exact) mass is 216 g/mol. The highest BCUT2D eigenvalue weighted by atomic mass is 16.5. The summed E-state index contributed by atoms with van der Waals surface area (Å²) >= 11 is 0. The summed E-state index contributed by atoms with van der Waals surface area (Å²) in [6, 6.07) is 0. The lowest BCUT2D eigenvalue weighted by molar-refractivity contribution is -0.173. The highest BCUT2D eigenvalue weighted by Gasteiger charge is 2.36. The maximum absolute atomic E-state index is 11.0. The van der Waals surface area contributed by atoms with E-state index in [-0.39, 0.29) is 18.3 Å². The fraction of sp³-hybridized carbons (Fsp3) is 0.909. The van der Waals surface area contributed by atoms with Gasteiger partial charge in [0.1, 0.15) is 11.9 Å². The Balaban J connectivity index is 2.55. The first-order chi connectivity index (χ1) is 7.04. The predicted octanol–water partition coefficient (Wildman–Crippen LogP) is 0.645. The Morgan fingerprint density at radius 1 is 1.47 bits per heavy atom. The average molecular weight is 216 g/mol. The summed E-state index contributed by atoms with van der Waals surface area (Å²) in [7, 11) is 0. The van der Waals surface area contributed by atoms with Gasteiger partial charge in [-0.15, -0.1) is 0 Å². The van der Waals surface area contributed by atoms with Crippen molar-refractivity contribution in [1.29, 1.82) is 0 Å². The van der Waals surface area contributed by atoms with Crippen LogP contribution in [-0.2, 0) is 9.53 Å². The summed E-state index contributed by atoms with van der Waals surface area (Å²) in [5, 5.41) is 19.3. The van der Waals surface area contributed by atoms with Crippen molar-refractivity contribution < 1.29 is 19.7 Å². The fourth-order valence-corrected chi connectivity index (χ4v) is 2.00. The highest BCUT2D eigenvalue weighted by molar-refractivity contribution is 5.76. The number of hydrogen-bond donors (Lipinski definition) is 2. The number of ether oxygens (including phenoxy) is 1. The molecule has 0 aliphatic carbocycles. The Hall–Kier alpha value is -0.450. The number of ketones is 1. The third kappa shape index (κ3) is 3.55. The van der Waals surface area contributed by atoms with E-state index in [1.165, 1.54) is 6.92 Å². The first kappa shape index (κ1) is 12.6. The van der Waals surface area contributed by atoms with Gasteiger partial charge in [-0.3, -0.25) is 4.79 Å². The summed E-state index contributed by atoms with van der Waals surface area (Å²) in [4.78, 5) is 11.0. The quantitative estimate of drug-likeness (QED) is 0.724. The van der Waals surface area contributed by atoms with Crippen LogP contribution in [0.5, 0.6) is 0 Å². The van der Waals surface area contributed by atoms with E-state index in [0.29, 0.717) is 6.42 Å². The van der Waals surface area contributed by atoms with E-state index >= 15 is 0 Å². The van der Waals surface area contributed by atoms with Crippen LogP contribution in [0, 0.1) is 0 Å². The minimum Gasteiger partial charge on any atom is -0.390 e. The van der Waals surface area contributed by atoms with Gasteiger partial charge in [0, 0.05) is 12.8 Å². The molecule has 4 heteroatoms. The van der Waals surface area contributed by atoms with Crippen molar-refractivity contribution in [3.05, 3.63) is 0 Å². The number of aliphatic hydroxyl groups excluding tert-OH is 2. The fourth-order valence-electron chi connectivity index (χ4n) is 2.00. The van der Waals surface area contributed by atoms with Gasteiger partial charge < -0.3 is 14.9 Å². The van der Waals surface area contributed by atoms with E-state index in [4.69, 9.17) is 4.74 Å². The van der Waals surface area contributed by atoms with Crippen LogP contribution in [0.25, 0.3) is 0 Å². The van der Waals surface area contributed by atoms with Crippen molar-refractivity contribution >= 4 is 5.78 Å². The maximum Gasteiger partial charge on any atom is 0.132 e. The molecule has 1 aliphatic rings. The second-order valence-electron chi connectivity index (χ2n) is 4.28. The van der Waals surface area contributed by atoms with Gasteiger partial charge in [0.15, 0.2) is 0 Å². The van der Waals surface area contributed by atoms with E-state index in [1.807, 2.05) is 6.92 Å². The van der Waals surface area contributed by atoms with Crippen molar-refractivity contribution in [1.82, 2.24) is 0 Å². The largest absolute Gasteiger partial charge is 0.390 e. The molecular formula is C11H20O4. The number of hydrogen-bond acceptors (Lipinski definition) is 4. The molecule has 4 unspecified atom stereocenters. The van der Waals surface area contributed by atoms with Gasteiger partial charge in [-0.05, 0) is 13.3 Å². The zero-order valence-corrected chi connectivity index (χ0v) is 9.35. The first-order valence-electron chi connectivity index (χ1n) is 5.55. The van der Waals surface area contributed by atoms with Crippen molar-refractivity contribution in [2.24, 2.45) is 0 Å². The molecule has 1 fully saturated rings. The lowest BCUT2D eigenvalue weighted by Gasteiger charge is -2.36. The molecule has 4 atom stereocenters. The molecule has 88 valence electrons. The smallest absolute Gasteiger partial charge is 0.132 e. The van der Waals surface area contributed by atoms with Gasteiger partial charge in [-0.1, -0.05) is 13.3 Å². The van der Waals surface area contributed by atoms with Crippen molar-refractivity contribution in [2.75, 3.05) is 0 Å². The van der Waals surface area contributed by atoms with Crippen LogP contribution < -0.4 is 0 Å². The van der Waals surface area contributed by atoms with Gasteiger partial charge in [-0.2, -0.15) is 0 Å². The normalized spacial score (nSPS) is 36.5. The van der Waals surface area contributed by atoms with Crippen LogP contribution >= 0.6 is 0 Å². The molecule has 0 spiro atoms. The van der Waals surface area contributed by atoms with E-state index < -0.39 is 18.3 Å². The minimum absolute atomic E-state index is 0.0246. The van der Waals surface area contributed by atoms with E-state index in [9.17, 15) is 15.0 Å². The number of carbonyl (C=O) groups is 1. The molecule has 2 N–H and O–H groups in total. The van der Waals surface area contributed by atoms with Crippen LogP contribution in [0.4, 0.5) is 0 Å². The molecule has 1 heterocycles. The third-order valence-corrected chi connectivity index (χ3v) is 2.75. The van der Waals surface area contributed by atoms with Crippen LogP contribution in [0.15, 0.2) is 0 Å². The minimum atomic E-state index is -0.929. The van der Waals surface area contributed by atoms with Gasteiger partial charge >= 0.3 is 0 Å². The number of aliphatic hydroxyl groups is 2.